The molecule has 0 radical (unpaired) electrons. The molecule has 19 heavy (non-hydrogen) atoms. The Morgan fingerprint density at radius 3 is 2.63 bits per heavy atom. The largest absolute Gasteiger partial charge is 0.490 e. The lowest BCUT2D eigenvalue weighted by Gasteiger charge is -2.12. The maximum absolute atomic E-state index is 10.9. The Morgan fingerprint density at radius 1 is 1.42 bits per heavy atom. The molecule has 1 rings (SSSR count). The van der Waals surface area contributed by atoms with Crippen molar-refractivity contribution < 1.29 is 9.66 Å². The highest BCUT2D eigenvalue weighted by molar-refractivity contribution is 9.09. The van der Waals surface area contributed by atoms with Gasteiger partial charge in [0.2, 0.25) is 0 Å². The summed E-state index contributed by atoms with van der Waals surface area (Å²) in [6.07, 6.45) is 2.91. The summed E-state index contributed by atoms with van der Waals surface area (Å²) < 4.78 is 4.99. The van der Waals surface area contributed by atoms with Gasteiger partial charge in [-0.15, -0.1) is 0 Å². The normalized spacial score (nSPS) is 12.5. The van der Waals surface area contributed by atoms with Gasteiger partial charge in [0.1, 0.15) is 0 Å². The zero-order valence-corrected chi connectivity index (χ0v) is 13.1. The number of methoxy groups -OCH3 is 1. The summed E-state index contributed by atoms with van der Waals surface area (Å²) in [5.74, 6) is 0.959. The molecule has 1 unspecified atom stereocenters. The summed E-state index contributed by atoms with van der Waals surface area (Å²) in [6.45, 7) is 4.37. The van der Waals surface area contributed by atoms with Crippen molar-refractivity contribution in [2.24, 2.45) is 5.92 Å². The van der Waals surface area contributed by atoms with Gasteiger partial charge < -0.3 is 4.74 Å². The molecule has 1 aromatic rings. The van der Waals surface area contributed by atoms with Gasteiger partial charge in [-0.1, -0.05) is 35.8 Å². The fourth-order valence-corrected chi connectivity index (χ4v) is 2.96. The molecule has 0 aliphatic rings. The Hall–Kier alpha value is -1.10. The van der Waals surface area contributed by atoms with Crippen molar-refractivity contribution >= 4 is 21.6 Å². The molecule has 4 nitrogen and oxygen atoms in total. The third kappa shape index (κ3) is 5.19. The van der Waals surface area contributed by atoms with Crippen molar-refractivity contribution in [1.29, 1.82) is 0 Å². The second-order valence-electron chi connectivity index (χ2n) is 5.03. The van der Waals surface area contributed by atoms with Crippen LogP contribution in [0.2, 0.25) is 0 Å². The summed E-state index contributed by atoms with van der Waals surface area (Å²) in [5, 5.41) is 10.9. The molecule has 0 saturated carbocycles. The maximum atomic E-state index is 10.9. The van der Waals surface area contributed by atoms with Gasteiger partial charge in [-0.25, -0.2) is 0 Å². The predicted molar refractivity (Wildman–Crippen MR) is 80.1 cm³/mol. The Balaban J connectivity index is 2.69. The van der Waals surface area contributed by atoms with E-state index in [1.807, 2.05) is 6.07 Å². The molecule has 106 valence electrons. The van der Waals surface area contributed by atoms with Crippen LogP contribution in [0.15, 0.2) is 18.2 Å². The summed E-state index contributed by atoms with van der Waals surface area (Å²) in [6, 6.07) is 5.16. The minimum absolute atomic E-state index is 0.0370. The maximum Gasteiger partial charge on any atom is 0.311 e. The van der Waals surface area contributed by atoms with Crippen molar-refractivity contribution in [2.45, 2.75) is 37.9 Å². The number of nitro groups is 1. The number of hydrogen-bond acceptors (Lipinski definition) is 3. The Labute approximate surface area is 122 Å². The number of rotatable bonds is 7. The zero-order chi connectivity index (χ0) is 14.4. The molecule has 0 bridgehead atoms. The number of benzene rings is 1. The van der Waals surface area contributed by atoms with E-state index in [0.717, 1.165) is 24.8 Å². The van der Waals surface area contributed by atoms with Gasteiger partial charge in [0, 0.05) is 10.9 Å². The topological polar surface area (TPSA) is 52.4 Å². The SMILES string of the molecule is COc1ccc(CCC(Br)CC(C)C)cc1[N+](=O)[O-]. The van der Waals surface area contributed by atoms with Gasteiger partial charge in [-0.3, -0.25) is 10.1 Å². The molecule has 0 spiro atoms. The van der Waals surface area contributed by atoms with Crippen molar-refractivity contribution in [2.75, 3.05) is 7.11 Å². The lowest BCUT2D eigenvalue weighted by Crippen LogP contribution is -2.04. The average molecular weight is 330 g/mol. The fraction of sp³-hybridized carbons (Fsp3) is 0.571. The Morgan fingerprint density at radius 2 is 2.11 bits per heavy atom. The number of alkyl halides is 1. The lowest BCUT2D eigenvalue weighted by molar-refractivity contribution is -0.385. The van der Waals surface area contributed by atoms with Crippen LogP contribution >= 0.6 is 15.9 Å². The van der Waals surface area contributed by atoms with Crippen LogP contribution in [0.4, 0.5) is 5.69 Å². The summed E-state index contributed by atoms with van der Waals surface area (Å²) >= 11 is 3.65. The molecule has 5 heteroatoms. The summed E-state index contributed by atoms with van der Waals surface area (Å²) in [5.41, 5.74) is 1.01. The third-order valence-corrected chi connectivity index (χ3v) is 3.75. The van der Waals surface area contributed by atoms with Crippen LogP contribution in [0.1, 0.15) is 32.3 Å². The van der Waals surface area contributed by atoms with E-state index in [9.17, 15) is 10.1 Å². The summed E-state index contributed by atoms with van der Waals surface area (Å²) in [7, 11) is 1.44. The van der Waals surface area contributed by atoms with E-state index in [-0.39, 0.29) is 5.69 Å². The number of ether oxygens (including phenoxy) is 1. The van der Waals surface area contributed by atoms with E-state index < -0.39 is 4.92 Å². The number of hydrogen-bond donors (Lipinski definition) is 0. The van der Waals surface area contributed by atoms with Crippen molar-refractivity contribution in [3.05, 3.63) is 33.9 Å². The minimum atomic E-state index is -0.401. The first-order valence-electron chi connectivity index (χ1n) is 6.39. The fourth-order valence-electron chi connectivity index (χ4n) is 1.99. The van der Waals surface area contributed by atoms with Gasteiger partial charge in [-0.2, -0.15) is 0 Å². The van der Waals surface area contributed by atoms with Crippen LogP contribution in [0.3, 0.4) is 0 Å². The zero-order valence-electron chi connectivity index (χ0n) is 11.6. The third-order valence-electron chi connectivity index (χ3n) is 2.91. The van der Waals surface area contributed by atoms with E-state index >= 15 is 0 Å². The molecule has 0 aromatic heterocycles. The molecule has 0 saturated heterocycles. The summed E-state index contributed by atoms with van der Waals surface area (Å²) in [4.78, 5) is 11.0. The van der Waals surface area contributed by atoms with Crippen molar-refractivity contribution in [3.63, 3.8) is 0 Å². The number of halogens is 1. The first-order valence-corrected chi connectivity index (χ1v) is 7.31. The van der Waals surface area contributed by atoms with Gasteiger partial charge in [-0.05, 0) is 36.8 Å². The Kier molecular flexibility index (Phi) is 6.28. The number of nitrogens with zero attached hydrogens (tertiary/aromatic N) is 1. The van der Waals surface area contributed by atoms with Gasteiger partial charge >= 0.3 is 5.69 Å². The monoisotopic (exact) mass is 329 g/mol. The van der Waals surface area contributed by atoms with Crippen LogP contribution in [-0.4, -0.2) is 16.9 Å². The van der Waals surface area contributed by atoms with Gasteiger partial charge in [0.15, 0.2) is 5.75 Å². The predicted octanol–water partition coefficient (Wildman–Crippen LogP) is 4.35. The molecule has 1 aromatic carbocycles. The molecular weight excluding hydrogens is 310 g/mol. The molecular formula is C14H20BrNO3. The first kappa shape index (κ1) is 16.0. The molecule has 0 amide bonds. The van der Waals surface area contributed by atoms with E-state index in [4.69, 9.17) is 4.74 Å². The van der Waals surface area contributed by atoms with E-state index in [1.54, 1.807) is 12.1 Å². The highest BCUT2D eigenvalue weighted by atomic mass is 79.9. The van der Waals surface area contributed by atoms with Crippen molar-refractivity contribution in [1.82, 2.24) is 0 Å². The lowest BCUT2D eigenvalue weighted by atomic mass is 10.0. The molecule has 0 aliphatic heterocycles. The van der Waals surface area contributed by atoms with Crippen LogP contribution in [0, 0.1) is 16.0 Å². The second kappa shape index (κ2) is 7.48. The van der Waals surface area contributed by atoms with Crippen LogP contribution in [0.25, 0.3) is 0 Å². The van der Waals surface area contributed by atoms with Crippen molar-refractivity contribution in [3.8, 4) is 5.75 Å². The minimum Gasteiger partial charge on any atom is -0.490 e. The number of aryl methyl sites for hydroxylation is 1. The molecule has 0 N–H and O–H groups in total. The smallest absolute Gasteiger partial charge is 0.311 e. The molecule has 0 fully saturated rings. The second-order valence-corrected chi connectivity index (χ2v) is 6.32. The van der Waals surface area contributed by atoms with Crippen LogP contribution < -0.4 is 4.74 Å². The first-order chi connectivity index (χ1) is 8.93. The quantitative estimate of drug-likeness (QED) is 0.424. The molecule has 1 atom stereocenters. The van der Waals surface area contributed by atoms with E-state index in [2.05, 4.69) is 29.8 Å². The Bertz CT molecular complexity index is 435. The average Bonchev–Trinajstić information content (AvgIpc) is 2.35. The number of nitro benzene ring substituents is 1. The van der Waals surface area contributed by atoms with E-state index in [1.165, 1.54) is 7.11 Å². The molecule has 0 aliphatic carbocycles. The highest BCUT2D eigenvalue weighted by Crippen LogP contribution is 2.28. The molecule has 0 heterocycles. The van der Waals surface area contributed by atoms with Gasteiger partial charge in [0.05, 0.1) is 12.0 Å². The van der Waals surface area contributed by atoms with Crippen LogP contribution in [-0.2, 0) is 6.42 Å². The van der Waals surface area contributed by atoms with Gasteiger partial charge in [0.25, 0.3) is 0 Å². The van der Waals surface area contributed by atoms with E-state index in [0.29, 0.717) is 16.5 Å². The highest BCUT2D eigenvalue weighted by Gasteiger charge is 2.15. The standard InChI is InChI=1S/C14H20BrNO3/c1-10(2)8-12(15)6-4-11-5-7-14(19-3)13(9-11)16(17)18/h5,7,9-10,12H,4,6,8H2,1-3H3. The van der Waals surface area contributed by atoms with Crippen LogP contribution in [0.5, 0.6) is 5.75 Å².